The van der Waals surface area contributed by atoms with Crippen molar-refractivity contribution in [2.45, 2.75) is 12.8 Å². The number of benzene rings is 1. The maximum atomic E-state index is 12.5. The van der Waals surface area contributed by atoms with E-state index in [1.807, 2.05) is 35.2 Å². The lowest BCUT2D eigenvalue weighted by Crippen LogP contribution is -2.41. The fraction of sp³-hybridized carbons (Fsp3) is 0.316. The number of carbonyl (C=O) groups is 2. The van der Waals surface area contributed by atoms with Crippen LogP contribution in [-0.4, -0.2) is 41.5 Å². The van der Waals surface area contributed by atoms with Crippen LogP contribution in [0.25, 0.3) is 0 Å². The lowest BCUT2D eigenvalue weighted by Gasteiger charge is -2.32. The van der Waals surface area contributed by atoms with E-state index in [0.717, 1.165) is 19.4 Å². The number of nitrogens with zero attached hydrogens (tertiary/aromatic N) is 2. The first-order chi connectivity index (χ1) is 11.7. The molecule has 0 N–H and O–H groups in total. The molecule has 124 valence electrons. The molecule has 0 spiro atoms. The predicted molar refractivity (Wildman–Crippen MR) is 89.6 cm³/mol. The van der Waals surface area contributed by atoms with Gasteiger partial charge in [-0.2, -0.15) is 0 Å². The van der Waals surface area contributed by atoms with E-state index in [2.05, 4.69) is 4.98 Å². The molecular formula is C19H20N2O3. The molecule has 0 aliphatic carbocycles. The zero-order valence-electron chi connectivity index (χ0n) is 13.4. The molecule has 1 aliphatic rings. The van der Waals surface area contributed by atoms with Crippen molar-refractivity contribution in [2.75, 3.05) is 19.7 Å². The van der Waals surface area contributed by atoms with Crippen LogP contribution in [0.5, 0.6) is 0 Å². The van der Waals surface area contributed by atoms with Gasteiger partial charge in [0.05, 0.1) is 12.2 Å². The van der Waals surface area contributed by atoms with Crippen molar-refractivity contribution in [3.63, 3.8) is 0 Å². The van der Waals surface area contributed by atoms with Crippen molar-refractivity contribution in [1.29, 1.82) is 0 Å². The van der Waals surface area contributed by atoms with Gasteiger partial charge in [0, 0.05) is 37.0 Å². The number of ether oxygens (including phenoxy) is 1. The van der Waals surface area contributed by atoms with Gasteiger partial charge < -0.3 is 9.64 Å². The normalized spacial score (nSPS) is 17.3. The number of aromatic nitrogens is 1. The van der Waals surface area contributed by atoms with Crippen LogP contribution in [0.4, 0.5) is 0 Å². The molecule has 2 heterocycles. The molecular weight excluding hydrogens is 304 g/mol. The number of hydrogen-bond acceptors (Lipinski definition) is 4. The van der Waals surface area contributed by atoms with Crippen LogP contribution in [0.15, 0.2) is 54.9 Å². The SMILES string of the molecule is O=C(OC[C@@H]1CCCN(C(=O)c2ccccc2)C1)c1ccncc1. The third kappa shape index (κ3) is 3.98. The Hall–Kier alpha value is -2.69. The Morgan fingerprint density at radius 1 is 1.08 bits per heavy atom. The minimum absolute atomic E-state index is 0.0424. The fourth-order valence-electron chi connectivity index (χ4n) is 2.91. The number of carbonyl (C=O) groups excluding carboxylic acids is 2. The Bertz CT molecular complexity index is 688. The predicted octanol–water partition coefficient (Wildman–Crippen LogP) is 2.79. The molecule has 0 radical (unpaired) electrons. The first kappa shape index (κ1) is 16.2. The minimum Gasteiger partial charge on any atom is -0.462 e. The van der Waals surface area contributed by atoms with Gasteiger partial charge in [0.25, 0.3) is 5.91 Å². The monoisotopic (exact) mass is 324 g/mol. The van der Waals surface area contributed by atoms with E-state index >= 15 is 0 Å². The lowest BCUT2D eigenvalue weighted by molar-refractivity contribution is 0.0342. The van der Waals surface area contributed by atoms with Crippen molar-refractivity contribution >= 4 is 11.9 Å². The van der Waals surface area contributed by atoms with Crippen LogP contribution in [0, 0.1) is 5.92 Å². The summed E-state index contributed by atoms with van der Waals surface area (Å²) in [5, 5.41) is 0. The molecule has 1 aromatic heterocycles. The summed E-state index contributed by atoms with van der Waals surface area (Å²) in [6.07, 6.45) is 5.02. The van der Waals surface area contributed by atoms with E-state index in [4.69, 9.17) is 4.74 Å². The molecule has 5 nitrogen and oxygen atoms in total. The second-order valence-corrected chi connectivity index (χ2v) is 5.96. The van der Waals surface area contributed by atoms with Gasteiger partial charge in [0.1, 0.15) is 0 Å². The highest BCUT2D eigenvalue weighted by Crippen LogP contribution is 2.19. The second-order valence-electron chi connectivity index (χ2n) is 5.96. The highest BCUT2D eigenvalue weighted by Gasteiger charge is 2.25. The van der Waals surface area contributed by atoms with Crippen LogP contribution in [0.2, 0.25) is 0 Å². The molecule has 1 saturated heterocycles. The van der Waals surface area contributed by atoms with Crippen molar-refractivity contribution in [2.24, 2.45) is 5.92 Å². The van der Waals surface area contributed by atoms with Crippen molar-refractivity contribution in [3.05, 3.63) is 66.0 Å². The van der Waals surface area contributed by atoms with Gasteiger partial charge in [-0.05, 0) is 37.1 Å². The highest BCUT2D eigenvalue weighted by atomic mass is 16.5. The molecule has 1 amide bonds. The molecule has 1 aliphatic heterocycles. The van der Waals surface area contributed by atoms with E-state index in [9.17, 15) is 9.59 Å². The van der Waals surface area contributed by atoms with E-state index in [0.29, 0.717) is 24.3 Å². The minimum atomic E-state index is -0.344. The number of esters is 1. The van der Waals surface area contributed by atoms with Crippen LogP contribution in [0.1, 0.15) is 33.6 Å². The number of pyridine rings is 1. The van der Waals surface area contributed by atoms with Crippen LogP contribution in [-0.2, 0) is 4.74 Å². The molecule has 1 fully saturated rings. The molecule has 24 heavy (non-hydrogen) atoms. The Balaban J connectivity index is 1.54. The third-order valence-electron chi connectivity index (χ3n) is 4.19. The quantitative estimate of drug-likeness (QED) is 0.812. The third-order valence-corrected chi connectivity index (χ3v) is 4.19. The van der Waals surface area contributed by atoms with Gasteiger partial charge in [-0.25, -0.2) is 4.79 Å². The van der Waals surface area contributed by atoms with Crippen LogP contribution < -0.4 is 0 Å². The Kier molecular flexibility index (Phi) is 5.21. The van der Waals surface area contributed by atoms with Gasteiger partial charge in [-0.15, -0.1) is 0 Å². The van der Waals surface area contributed by atoms with Crippen molar-refractivity contribution in [1.82, 2.24) is 9.88 Å². The molecule has 2 aromatic rings. The first-order valence-electron chi connectivity index (χ1n) is 8.15. The maximum absolute atomic E-state index is 12.5. The van der Waals surface area contributed by atoms with Crippen LogP contribution in [0.3, 0.4) is 0 Å². The Morgan fingerprint density at radius 3 is 2.58 bits per heavy atom. The summed E-state index contributed by atoms with van der Waals surface area (Å²) >= 11 is 0. The molecule has 0 unspecified atom stereocenters. The smallest absolute Gasteiger partial charge is 0.338 e. The summed E-state index contributed by atoms with van der Waals surface area (Å²) in [6, 6.07) is 12.6. The van der Waals surface area contributed by atoms with E-state index < -0.39 is 0 Å². The fourth-order valence-corrected chi connectivity index (χ4v) is 2.91. The summed E-state index contributed by atoms with van der Waals surface area (Å²) in [6.45, 7) is 1.71. The van der Waals surface area contributed by atoms with Crippen LogP contribution >= 0.6 is 0 Å². The summed E-state index contributed by atoms with van der Waals surface area (Å²) in [4.78, 5) is 30.2. The van der Waals surface area contributed by atoms with E-state index in [-0.39, 0.29) is 17.8 Å². The number of piperidine rings is 1. The first-order valence-corrected chi connectivity index (χ1v) is 8.15. The van der Waals surface area contributed by atoms with Crippen molar-refractivity contribution in [3.8, 4) is 0 Å². The van der Waals surface area contributed by atoms with E-state index in [1.165, 1.54) is 0 Å². The highest BCUT2D eigenvalue weighted by molar-refractivity contribution is 5.94. The summed E-state index contributed by atoms with van der Waals surface area (Å²) in [5.74, 6) is -0.123. The van der Waals surface area contributed by atoms with Crippen molar-refractivity contribution < 1.29 is 14.3 Å². The number of likely N-dealkylation sites (tertiary alicyclic amines) is 1. The largest absolute Gasteiger partial charge is 0.462 e. The number of rotatable bonds is 4. The molecule has 3 rings (SSSR count). The molecule has 1 atom stereocenters. The summed E-state index contributed by atoms with van der Waals surface area (Å²) in [5.41, 5.74) is 1.20. The topological polar surface area (TPSA) is 59.5 Å². The van der Waals surface area contributed by atoms with Gasteiger partial charge in [0.15, 0.2) is 0 Å². The average molecular weight is 324 g/mol. The molecule has 0 bridgehead atoms. The summed E-state index contributed by atoms with van der Waals surface area (Å²) < 4.78 is 5.40. The molecule has 0 saturated carbocycles. The zero-order chi connectivity index (χ0) is 16.8. The van der Waals surface area contributed by atoms with Gasteiger partial charge >= 0.3 is 5.97 Å². The Labute approximate surface area is 141 Å². The van der Waals surface area contributed by atoms with E-state index in [1.54, 1.807) is 24.5 Å². The van der Waals surface area contributed by atoms with Gasteiger partial charge in [0.2, 0.25) is 0 Å². The maximum Gasteiger partial charge on any atom is 0.338 e. The number of hydrogen-bond donors (Lipinski definition) is 0. The summed E-state index contributed by atoms with van der Waals surface area (Å²) in [7, 11) is 0. The second kappa shape index (κ2) is 7.73. The van der Waals surface area contributed by atoms with Gasteiger partial charge in [-0.3, -0.25) is 9.78 Å². The zero-order valence-corrected chi connectivity index (χ0v) is 13.4. The lowest BCUT2D eigenvalue weighted by atomic mass is 9.98. The van der Waals surface area contributed by atoms with Gasteiger partial charge in [-0.1, -0.05) is 18.2 Å². The standard InChI is InChI=1S/C19H20N2O3/c22-18(16-6-2-1-3-7-16)21-12-4-5-15(13-21)14-24-19(23)17-8-10-20-11-9-17/h1-3,6-11,15H,4-5,12-14H2/t15-/m1/s1. The molecule has 1 aromatic carbocycles. The average Bonchev–Trinajstić information content (AvgIpc) is 2.67. The molecule has 5 heteroatoms. The Morgan fingerprint density at radius 2 is 1.83 bits per heavy atom. The number of amides is 1.